The summed E-state index contributed by atoms with van der Waals surface area (Å²) >= 11 is 0. The van der Waals surface area contributed by atoms with Crippen molar-refractivity contribution in [2.24, 2.45) is 5.92 Å². The molecule has 1 N–H and O–H groups in total. The van der Waals surface area contributed by atoms with E-state index in [4.69, 9.17) is 0 Å². The van der Waals surface area contributed by atoms with Gasteiger partial charge in [-0.2, -0.15) is 0 Å². The number of nitrogens with one attached hydrogen (secondary N) is 1. The lowest BCUT2D eigenvalue weighted by Gasteiger charge is -2.27. The van der Waals surface area contributed by atoms with E-state index in [9.17, 15) is 4.79 Å². The van der Waals surface area contributed by atoms with E-state index in [1.807, 2.05) is 42.4 Å². The highest BCUT2D eigenvalue weighted by atomic mass is 16.2. The van der Waals surface area contributed by atoms with Crippen molar-refractivity contribution in [1.29, 1.82) is 0 Å². The number of aromatic amines is 1. The summed E-state index contributed by atoms with van der Waals surface area (Å²) in [5, 5.41) is 1.10. The highest BCUT2D eigenvalue weighted by molar-refractivity contribution is 5.97. The van der Waals surface area contributed by atoms with Crippen molar-refractivity contribution in [3.05, 3.63) is 36.0 Å². The molecular weight excluding hydrogens is 248 g/mol. The number of amides is 1. The molecule has 0 atom stereocenters. The minimum Gasteiger partial charge on any atom is -0.361 e. The number of fused-ring (bicyclic) bond motifs is 1. The van der Waals surface area contributed by atoms with Gasteiger partial charge in [0.25, 0.3) is 5.91 Å². The maximum Gasteiger partial charge on any atom is 0.253 e. The van der Waals surface area contributed by atoms with Gasteiger partial charge in [-0.15, -0.1) is 0 Å². The second-order valence-electron chi connectivity index (χ2n) is 5.97. The standard InChI is InChI=1S/C17H22N2O/c1-19(12-13-5-3-2-4-6-13)17(20)15-7-8-16-14(11-15)9-10-18-16/h7-11,13,18H,2-6,12H2,1H3. The molecule has 1 heterocycles. The van der Waals surface area contributed by atoms with Crippen LogP contribution in [0.3, 0.4) is 0 Å². The molecule has 1 amide bonds. The number of hydrogen-bond donors (Lipinski definition) is 1. The molecule has 1 aliphatic rings. The van der Waals surface area contributed by atoms with Gasteiger partial charge in [-0.25, -0.2) is 0 Å². The molecule has 0 unspecified atom stereocenters. The first kappa shape index (κ1) is 13.2. The molecule has 0 radical (unpaired) electrons. The van der Waals surface area contributed by atoms with Gasteiger partial charge in [0.1, 0.15) is 0 Å². The molecule has 3 heteroatoms. The molecule has 3 nitrogen and oxygen atoms in total. The molecule has 0 spiro atoms. The summed E-state index contributed by atoms with van der Waals surface area (Å²) < 4.78 is 0. The Labute approximate surface area is 120 Å². The summed E-state index contributed by atoms with van der Waals surface area (Å²) in [6, 6.07) is 7.88. The number of nitrogens with zero attached hydrogens (tertiary/aromatic N) is 1. The van der Waals surface area contributed by atoms with Crippen LogP contribution in [-0.2, 0) is 0 Å². The minimum absolute atomic E-state index is 0.138. The smallest absolute Gasteiger partial charge is 0.253 e. The molecule has 1 aromatic carbocycles. The number of H-pyrrole nitrogens is 1. The summed E-state index contributed by atoms with van der Waals surface area (Å²) in [6.45, 7) is 0.893. The number of carbonyl (C=O) groups excluding carboxylic acids is 1. The summed E-state index contributed by atoms with van der Waals surface area (Å²) in [5.41, 5.74) is 1.87. The second kappa shape index (κ2) is 5.70. The van der Waals surface area contributed by atoms with Crippen LogP contribution in [0.25, 0.3) is 10.9 Å². The van der Waals surface area contributed by atoms with Crippen LogP contribution in [0.5, 0.6) is 0 Å². The summed E-state index contributed by atoms with van der Waals surface area (Å²) in [6.07, 6.45) is 8.45. The first-order valence-electron chi connectivity index (χ1n) is 7.56. The van der Waals surface area contributed by atoms with Gasteiger partial charge in [0.05, 0.1) is 0 Å². The molecule has 1 aromatic heterocycles. The SMILES string of the molecule is CN(CC1CCCCC1)C(=O)c1ccc2[nH]ccc2c1. The van der Waals surface area contributed by atoms with E-state index in [1.54, 1.807) is 0 Å². The van der Waals surface area contributed by atoms with Crippen molar-refractivity contribution in [3.8, 4) is 0 Å². The summed E-state index contributed by atoms with van der Waals surface area (Å²) in [5.74, 6) is 0.826. The Morgan fingerprint density at radius 1 is 1.25 bits per heavy atom. The molecule has 20 heavy (non-hydrogen) atoms. The lowest BCUT2D eigenvalue weighted by atomic mass is 9.89. The zero-order valence-corrected chi connectivity index (χ0v) is 12.1. The fourth-order valence-corrected chi connectivity index (χ4v) is 3.25. The molecule has 0 bridgehead atoms. The quantitative estimate of drug-likeness (QED) is 0.904. The van der Waals surface area contributed by atoms with Crippen molar-refractivity contribution >= 4 is 16.8 Å². The Balaban J connectivity index is 1.70. The number of aromatic nitrogens is 1. The molecule has 106 valence electrons. The third kappa shape index (κ3) is 2.72. The van der Waals surface area contributed by atoms with Gasteiger partial charge >= 0.3 is 0 Å². The maximum atomic E-state index is 12.5. The van der Waals surface area contributed by atoms with Crippen molar-refractivity contribution < 1.29 is 4.79 Å². The maximum absolute atomic E-state index is 12.5. The van der Waals surface area contributed by atoms with Crippen LogP contribution in [-0.4, -0.2) is 29.4 Å². The van der Waals surface area contributed by atoms with E-state index < -0.39 is 0 Å². The molecule has 1 fully saturated rings. The monoisotopic (exact) mass is 270 g/mol. The lowest BCUT2D eigenvalue weighted by Crippen LogP contribution is -2.32. The molecule has 0 saturated heterocycles. The van der Waals surface area contributed by atoms with Crippen molar-refractivity contribution in [2.75, 3.05) is 13.6 Å². The first-order chi connectivity index (χ1) is 9.74. The van der Waals surface area contributed by atoms with Gasteiger partial charge in [0.2, 0.25) is 0 Å². The Bertz CT molecular complexity index is 596. The van der Waals surface area contributed by atoms with Crippen molar-refractivity contribution in [3.63, 3.8) is 0 Å². The first-order valence-corrected chi connectivity index (χ1v) is 7.56. The van der Waals surface area contributed by atoms with E-state index in [-0.39, 0.29) is 5.91 Å². The van der Waals surface area contributed by atoms with E-state index in [0.29, 0.717) is 5.92 Å². The van der Waals surface area contributed by atoms with E-state index in [2.05, 4.69) is 4.98 Å². The molecule has 0 aliphatic heterocycles. The number of carbonyl (C=O) groups is 1. The van der Waals surface area contributed by atoms with Gasteiger partial charge in [0.15, 0.2) is 0 Å². The summed E-state index contributed by atoms with van der Waals surface area (Å²) in [4.78, 5) is 17.5. The molecule has 3 rings (SSSR count). The zero-order valence-electron chi connectivity index (χ0n) is 12.1. The Hall–Kier alpha value is -1.77. The topological polar surface area (TPSA) is 36.1 Å². The van der Waals surface area contributed by atoms with E-state index >= 15 is 0 Å². The summed E-state index contributed by atoms with van der Waals surface area (Å²) in [7, 11) is 1.93. The van der Waals surface area contributed by atoms with Crippen LogP contribution in [0.4, 0.5) is 0 Å². The average Bonchev–Trinajstić information content (AvgIpc) is 2.94. The third-order valence-electron chi connectivity index (χ3n) is 4.40. The highest BCUT2D eigenvalue weighted by Crippen LogP contribution is 2.24. The second-order valence-corrected chi connectivity index (χ2v) is 5.97. The number of benzene rings is 1. The lowest BCUT2D eigenvalue weighted by molar-refractivity contribution is 0.0761. The van der Waals surface area contributed by atoms with Gasteiger partial charge in [-0.05, 0) is 43.0 Å². The van der Waals surface area contributed by atoms with Crippen LogP contribution in [0.15, 0.2) is 30.5 Å². The van der Waals surface area contributed by atoms with Gasteiger partial charge < -0.3 is 9.88 Å². The van der Waals surface area contributed by atoms with Crippen LogP contribution in [0, 0.1) is 5.92 Å². The minimum atomic E-state index is 0.138. The van der Waals surface area contributed by atoms with Gasteiger partial charge in [0, 0.05) is 36.3 Å². The Morgan fingerprint density at radius 2 is 2.05 bits per heavy atom. The fourth-order valence-electron chi connectivity index (χ4n) is 3.25. The molecule has 1 aliphatic carbocycles. The Kier molecular flexibility index (Phi) is 3.77. The van der Waals surface area contributed by atoms with Crippen molar-refractivity contribution in [2.45, 2.75) is 32.1 Å². The predicted molar refractivity (Wildman–Crippen MR) is 81.8 cm³/mol. The van der Waals surface area contributed by atoms with Crippen molar-refractivity contribution in [1.82, 2.24) is 9.88 Å². The number of hydrogen-bond acceptors (Lipinski definition) is 1. The fraction of sp³-hybridized carbons (Fsp3) is 0.471. The third-order valence-corrected chi connectivity index (χ3v) is 4.40. The molecular formula is C17H22N2O. The average molecular weight is 270 g/mol. The van der Waals surface area contributed by atoms with Crippen LogP contribution >= 0.6 is 0 Å². The predicted octanol–water partition coefficient (Wildman–Crippen LogP) is 3.82. The molecule has 1 saturated carbocycles. The van der Waals surface area contributed by atoms with E-state index in [1.165, 1.54) is 32.1 Å². The largest absolute Gasteiger partial charge is 0.361 e. The van der Waals surface area contributed by atoms with Crippen LogP contribution in [0.1, 0.15) is 42.5 Å². The normalized spacial score (nSPS) is 16.4. The van der Waals surface area contributed by atoms with Crippen LogP contribution < -0.4 is 0 Å². The zero-order chi connectivity index (χ0) is 13.9. The van der Waals surface area contributed by atoms with Gasteiger partial charge in [-0.3, -0.25) is 4.79 Å². The van der Waals surface area contributed by atoms with E-state index in [0.717, 1.165) is 23.0 Å². The van der Waals surface area contributed by atoms with Crippen LogP contribution in [0.2, 0.25) is 0 Å². The highest BCUT2D eigenvalue weighted by Gasteiger charge is 2.19. The van der Waals surface area contributed by atoms with Gasteiger partial charge in [-0.1, -0.05) is 19.3 Å². The Morgan fingerprint density at radius 3 is 2.85 bits per heavy atom. The number of rotatable bonds is 3. The molecule has 2 aromatic rings.